The smallest absolute Gasteiger partial charge is 0.119 e. The highest BCUT2D eigenvalue weighted by Gasteiger charge is 2.53. The highest BCUT2D eigenvalue weighted by atomic mass is 16.5. The molecule has 4 atom stereocenters. The van der Waals surface area contributed by atoms with Gasteiger partial charge in [0.25, 0.3) is 0 Å². The summed E-state index contributed by atoms with van der Waals surface area (Å²) >= 11 is 0. The number of aryl methyl sites for hydroxylation is 1. The molecule has 0 aliphatic heterocycles. The van der Waals surface area contributed by atoms with Crippen LogP contribution in [0.1, 0.15) is 64.5 Å². The van der Waals surface area contributed by atoms with Crippen molar-refractivity contribution in [2.24, 2.45) is 17.3 Å². The maximum Gasteiger partial charge on any atom is 0.119 e. The Hall–Kier alpha value is -1.28. The quantitative estimate of drug-likeness (QED) is 0.693. The third-order valence-corrected chi connectivity index (χ3v) is 6.81. The van der Waals surface area contributed by atoms with E-state index >= 15 is 0 Å². The molecule has 3 aliphatic rings. The second-order valence-corrected chi connectivity index (χ2v) is 9.44. The van der Waals surface area contributed by atoms with Crippen LogP contribution in [0, 0.1) is 17.3 Å². The van der Waals surface area contributed by atoms with Gasteiger partial charge in [0.15, 0.2) is 0 Å². The normalized spacial score (nSPS) is 34.0. The van der Waals surface area contributed by atoms with Crippen LogP contribution in [-0.4, -0.2) is 18.8 Å². The van der Waals surface area contributed by atoms with Gasteiger partial charge >= 0.3 is 0 Å². The summed E-state index contributed by atoms with van der Waals surface area (Å²) < 4.78 is 11.9. The number of ether oxygens (including phenoxy) is 2. The summed E-state index contributed by atoms with van der Waals surface area (Å²) in [6.45, 7) is 9.06. The summed E-state index contributed by atoms with van der Waals surface area (Å²) in [5, 5.41) is 0. The van der Waals surface area contributed by atoms with E-state index in [2.05, 4.69) is 52.0 Å². The molecule has 3 aliphatic carbocycles. The van der Waals surface area contributed by atoms with Crippen LogP contribution >= 0.6 is 0 Å². The van der Waals surface area contributed by atoms with Gasteiger partial charge in [-0.2, -0.15) is 0 Å². The molecule has 0 heterocycles. The van der Waals surface area contributed by atoms with E-state index in [4.69, 9.17) is 9.47 Å². The standard InChI is InChI=1S/C23H32O2/c1-22(2,3)25-21-11-10-20-19-8-6-15-14-16(24-5)7-9-17(15)18(19)12-13-23(20,21)4/h7,9,12,14,19-21H,6,8,10-11,13H2,1-5H3/t19-,20+,21+,23+/m1/s1. The van der Waals surface area contributed by atoms with E-state index in [-0.39, 0.29) is 5.60 Å². The lowest BCUT2D eigenvalue weighted by Crippen LogP contribution is -2.43. The van der Waals surface area contributed by atoms with Crippen LogP contribution in [0.2, 0.25) is 0 Å². The molecule has 1 aromatic rings. The molecule has 0 saturated heterocycles. The number of fused-ring (bicyclic) bond motifs is 5. The Bertz CT molecular complexity index is 697. The molecule has 0 spiro atoms. The Labute approximate surface area is 152 Å². The maximum absolute atomic E-state index is 6.50. The van der Waals surface area contributed by atoms with E-state index < -0.39 is 0 Å². The first-order valence-electron chi connectivity index (χ1n) is 9.87. The zero-order valence-electron chi connectivity index (χ0n) is 16.4. The fourth-order valence-corrected chi connectivity index (χ4v) is 5.65. The second kappa shape index (κ2) is 5.87. The summed E-state index contributed by atoms with van der Waals surface area (Å²) in [6.07, 6.45) is 9.05. The average molecular weight is 341 g/mol. The third-order valence-electron chi connectivity index (χ3n) is 6.81. The van der Waals surface area contributed by atoms with Gasteiger partial charge in [-0.25, -0.2) is 0 Å². The summed E-state index contributed by atoms with van der Waals surface area (Å²) in [4.78, 5) is 0. The zero-order chi connectivity index (χ0) is 17.8. The number of hydrogen-bond donors (Lipinski definition) is 0. The molecule has 1 saturated carbocycles. The summed E-state index contributed by atoms with van der Waals surface area (Å²) in [6, 6.07) is 6.64. The molecule has 2 heteroatoms. The lowest BCUT2D eigenvalue weighted by atomic mass is 9.60. The number of rotatable bonds is 2. The fraction of sp³-hybridized carbons (Fsp3) is 0.652. The molecule has 0 bridgehead atoms. The SMILES string of the molecule is COc1ccc2c(c1)CC[C@@H]1C2=CC[C@]2(C)[C@@H](OC(C)(C)C)CC[C@@H]12. The molecule has 1 aromatic carbocycles. The Morgan fingerprint density at radius 3 is 2.64 bits per heavy atom. The lowest BCUT2D eigenvalue weighted by Gasteiger charge is -2.47. The minimum Gasteiger partial charge on any atom is -0.497 e. The monoisotopic (exact) mass is 340 g/mol. The minimum absolute atomic E-state index is 0.0533. The molecule has 0 N–H and O–H groups in total. The van der Waals surface area contributed by atoms with E-state index in [9.17, 15) is 0 Å². The van der Waals surface area contributed by atoms with Crippen LogP contribution in [0.4, 0.5) is 0 Å². The largest absolute Gasteiger partial charge is 0.497 e. The van der Waals surface area contributed by atoms with Crippen molar-refractivity contribution in [2.45, 2.75) is 71.5 Å². The van der Waals surface area contributed by atoms with Crippen molar-refractivity contribution in [3.05, 3.63) is 35.4 Å². The van der Waals surface area contributed by atoms with Gasteiger partial charge in [-0.1, -0.05) is 19.1 Å². The van der Waals surface area contributed by atoms with Gasteiger partial charge in [-0.15, -0.1) is 0 Å². The van der Waals surface area contributed by atoms with Gasteiger partial charge in [-0.3, -0.25) is 0 Å². The predicted octanol–water partition coefficient (Wildman–Crippen LogP) is 5.64. The van der Waals surface area contributed by atoms with Crippen molar-refractivity contribution in [1.82, 2.24) is 0 Å². The predicted molar refractivity (Wildman–Crippen MR) is 103 cm³/mol. The highest BCUT2D eigenvalue weighted by Crippen LogP contribution is 2.59. The first-order valence-corrected chi connectivity index (χ1v) is 9.87. The van der Waals surface area contributed by atoms with Gasteiger partial charge in [0, 0.05) is 5.41 Å². The van der Waals surface area contributed by atoms with Crippen LogP contribution in [0.3, 0.4) is 0 Å². The molecule has 0 radical (unpaired) electrons. The van der Waals surface area contributed by atoms with Gasteiger partial charge in [0.1, 0.15) is 5.75 Å². The molecular weight excluding hydrogens is 308 g/mol. The third kappa shape index (κ3) is 2.83. The van der Waals surface area contributed by atoms with Crippen LogP contribution in [-0.2, 0) is 11.2 Å². The molecule has 25 heavy (non-hydrogen) atoms. The Morgan fingerprint density at radius 2 is 1.92 bits per heavy atom. The molecule has 136 valence electrons. The number of allylic oxidation sites excluding steroid dienone is 2. The van der Waals surface area contributed by atoms with Crippen molar-refractivity contribution in [3.8, 4) is 5.75 Å². The Balaban J connectivity index is 1.66. The molecule has 0 aromatic heterocycles. The summed E-state index contributed by atoms with van der Waals surface area (Å²) in [5.41, 5.74) is 4.78. The van der Waals surface area contributed by atoms with Crippen molar-refractivity contribution in [2.75, 3.05) is 7.11 Å². The van der Waals surface area contributed by atoms with Crippen LogP contribution in [0.25, 0.3) is 5.57 Å². The van der Waals surface area contributed by atoms with Gasteiger partial charge in [0.2, 0.25) is 0 Å². The summed E-state index contributed by atoms with van der Waals surface area (Å²) in [7, 11) is 1.76. The van der Waals surface area contributed by atoms with E-state index in [1.165, 1.54) is 36.8 Å². The van der Waals surface area contributed by atoms with E-state index in [0.29, 0.717) is 17.4 Å². The molecule has 4 rings (SSSR count). The molecule has 2 nitrogen and oxygen atoms in total. The van der Waals surface area contributed by atoms with Crippen molar-refractivity contribution < 1.29 is 9.47 Å². The molecule has 1 fully saturated rings. The molecule has 0 unspecified atom stereocenters. The number of methoxy groups -OCH3 is 1. The van der Waals surface area contributed by atoms with Crippen LogP contribution < -0.4 is 4.74 Å². The average Bonchev–Trinajstić information content (AvgIpc) is 2.89. The number of benzene rings is 1. The number of hydrogen-bond acceptors (Lipinski definition) is 2. The van der Waals surface area contributed by atoms with Gasteiger partial charge in [-0.05, 0) is 93.5 Å². The Kier molecular flexibility index (Phi) is 4.03. The second-order valence-electron chi connectivity index (χ2n) is 9.44. The van der Waals surface area contributed by atoms with Gasteiger partial charge < -0.3 is 9.47 Å². The maximum atomic E-state index is 6.50. The first-order chi connectivity index (χ1) is 11.8. The zero-order valence-corrected chi connectivity index (χ0v) is 16.4. The van der Waals surface area contributed by atoms with E-state index in [1.807, 2.05) is 0 Å². The topological polar surface area (TPSA) is 18.5 Å². The van der Waals surface area contributed by atoms with E-state index in [1.54, 1.807) is 12.7 Å². The van der Waals surface area contributed by atoms with Crippen molar-refractivity contribution in [3.63, 3.8) is 0 Å². The minimum atomic E-state index is -0.0533. The molecule has 0 amide bonds. The Morgan fingerprint density at radius 1 is 1.12 bits per heavy atom. The summed E-state index contributed by atoms with van der Waals surface area (Å²) in [5.74, 6) is 2.45. The van der Waals surface area contributed by atoms with Crippen molar-refractivity contribution in [1.29, 1.82) is 0 Å². The van der Waals surface area contributed by atoms with E-state index in [0.717, 1.165) is 18.1 Å². The van der Waals surface area contributed by atoms with Gasteiger partial charge in [0.05, 0.1) is 18.8 Å². The highest BCUT2D eigenvalue weighted by molar-refractivity contribution is 5.73. The lowest BCUT2D eigenvalue weighted by molar-refractivity contribution is -0.112. The molecular formula is C23H32O2. The fourth-order valence-electron chi connectivity index (χ4n) is 5.65. The van der Waals surface area contributed by atoms with Crippen LogP contribution in [0.15, 0.2) is 24.3 Å². The van der Waals surface area contributed by atoms with Crippen molar-refractivity contribution >= 4 is 5.57 Å². The van der Waals surface area contributed by atoms with Crippen LogP contribution in [0.5, 0.6) is 5.75 Å². The first kappa shape index (κ1) is 17.1.